The Morgan fingerprint density at radius 1 is 1.47 bits per heavy atom. The quantitative estimate of drug-likeness (QED) is 0.829. The molecule has 3 nitrogen and oxygen atoms in total. The summed E-state index contributed by atoms with van der Waals surface area (Å²) in [5.41, 5.74) is 2.48. The van der Waals surface area contributed by atoms with Crippen molar-refractivity contribution in [3.8, 4) is 0 Å². The van der Waals surface area contributed by atoms with Crippen LogP contribution < -0.4 is 0 Å². The van der Waals surface area contributed by atoms with Crippen LogP contribution in [0.25, 0.3) is 0 Å². The summed E-state index contributed by atoms with van der Waals surface area (Å²) in [6.07, 6.45) is 3.52. The lowest BCUT2D eigenvalue weighted by Gasteiger charge is -2.17. The molecular weight excluding hydrogens is 188 g/mol. The van der Waals surface area contributed by atoms with Crippen LogP contribution in [0.15, 0.2) is 6.20 Å². The van der Waals surface area contributed by atoms with E-state index >= 15 is 0 Å². The summed E-state index contributed by atoms with van der Waals surface area (Å²) in [6, 6.07) is 0. The Morgan fingerprint density at radius 2 is 2.07 bits per heavy atom. The lowest BCUT2D eigenvalue weighted by atomic mass is 9.88. The van der Waals surface area contributed by atoms with Crippen LogP contribution in [0.2, 0.25) is 0 Å². The summed E-state index contributed by atoms with van der Waals surface area (Å²) in [6.45, 7) is 8.33. The Hall–Kier alpha value is -0.830. The highest BCUT2D eigenvalue weighted by molar-refractivity contribution is 5.24. The molecule has 1 aromatic rings. The van der Waals surface area contributed by atoms with Gasteiger partial charge in [0.05, 0.1) is 11.8 Å². The molecule has 0 aromatic carbocycles. The fraction of sp³-hybridized carbons (Fsp3) is 0.750. The first kappa shape index (κ1) is 12.2. The summed E-state index contributed by atoms with van der Waals surface area (Å²) in [5, 5.41) is 13.8. The second-order valence-electron chi connectivity index (χ2n) is 5.31. The van der Waals surface area contributed by atoms with E-state index in [2.05, 4.69) is 32.1 Å². The van der Waals surface area contributed by atoms with E-state index in [1.54, 1.807) is 0 Å². The van der Waals surface area contributed by atoms with Gasteiger partial charge in [0.25, 0.3) is 0 Å². The van der Waals surface area contributed by atoms with Crippen LogP contribution in [0.4, 0.5) is 0 Å². The zero-order valence-corrected chi connectivity index (χ0v) is 10.4. The SMILES string of the molecule is CC(O)CCc1cn(C)nc1C(C)(C)C. The van der Waals surface area contributed by atoms with E-state index in [4.69, 9.17) is 0 Å². The van der Waals surface area contributed by atoms with E-state index in [9.17, 15) is 5.11 Å². The molecule has 1 aromatic heterocycles. The monoisotopic (exact) mass is 210 g/mol. The van der Waals surface area contributed by atoms with Crippen molar-refractivity contribution in [3.63, 3.8) is 0 Å². The van der Waals surface area contributed by atoms with Crippen LogP contribution in [0.5, 0.6) is 0 Å². The van der Waals surface area contributed by atoms with Gasteiger partial charge in [-0.2, -0.15) is 5.10 Å². The number of rotatable bonds is 3. The molecular formula is C12H22N2O. The van der Waals surface area contributed by atoms with Gasteiger partial charge < -0.3 is 5.11 Å². The minimum absolute atomic E-state index is 0.0787. The molecule has 1 N–H and O–H groups in total. The molecule has 0 saturated carbocycles. The molecule has 1 heterocycles. The van der Waals surface area contributed by atoms with Crippen molar-refractivity contribution in [3.05, 3.63) is 17.5 Å². The number of hydrogen-bond acceptors (Lipinski definition) is 2. The Bertz CT molecular complexity index is 321. The van der Waals surface area contributed by atoms with Crippen molar-refractivity contribution in [2.45, 2.75) is 52.1 Å². The third-order valence-corrected chi connectivity index (χ3v) is 2.45. The molecule has 1 rings (SSSR count). The van der Waals surface area contributed by atoms with Gasteiger partial charge in [-0.1, -0.05) is 20.8 Å². The molecule has 0 spiro atoms. The van der Waals surface area contributed by atoms with Crippen LogP contribution in [0, 0.1) is 0 Å². The molecule has 0 saturated heterocycles. The maximum Gasteiger partial charge on any atom is 0.0709 e. The Kier molecular flexibility index (Phi) is 3.55. The second-order valence-corrected chi connectivity index (χ2v) is 5.31. The van der Waals surface area contributed by atoms with Crippen molar-refractivity contribution in [2.24, 2.45) is 7.05 Å². The van der Waals surface area contributed by atoms with Gasteiger partial charge in [-0.25, -0.2) is 0 Å². The summed E-state index contributed by atoms with van der Waals surface area (Å²) < 4.78 is 1.86. The molecule has 0 amide bonds. The minimum Gasteiger partial charge on any atom is -0.393 e. The standard InChI is InChI=1S/C12H22N2O/c1-9(15)6-7-10-8-14(5)13-11(10)12(2,3)4/h8-9,15H,6-7H2,1-5H3. The number of aromatic nitrogens is 2. The van der Waals surface area contributed by atoms with Gasteiger partial charge in [0.2, 0.25) is 0 Å². The van der Waals surface area contributed by atoms with E-state index in [-0.39, 0.29) is 11.5 Å². The minimum atomic E-state index is -0.238. The van der Waals surface area contributed by atoms with Gasteiger partial charge in [-0.15, -0.1) is 0 Å². The van der Waals surface area contributed by atoms with Crippen molar-refractivity contribution < 1.29 is 5.11 Å². The average Bonchev–Trinajstić information content (AvgIpc) is 2.42. The molecule has 0 bridgehead atoms. The van der Waals surface area contributed by atoms with Gasteiger partial charge in [0.1, 0.15) is 0 Å². The first-order valence-electron chi connectivity index (χ1n) is 5.52. The van der Waals surface area contributed by atoms with Crippen LogP contribution in [-0.2, 0) is 18.9 Å². The lowest BCUT2D eigenvalue weighted by Crippen LogP contribution is -2.15. The smallest absolute Gasteiger partial charge is 0.0709 e. The highest BCUT2D eigenvalue weighted by Gasteiger charge is 2.21. The number of aryl methyl sites for hydroxylation is 2. The molecule has 3 heteroatoms. The maximum atomic E-state index is 9.29. The van der Waals surface area contributed by atoms with Gasteiger partial charge in [0.15, 0.2) is 0 Å². The third kappa shape index (κ3) is 3.34. The largest absolute Gasteiger partial charge is 0.393 e. The van der Waals surface area contributed by atoms with Crippen LogP contribution in [0.3, 0.4) is 0 Å². The molecule has 86 valence electrons. The summed E-state index contributed by atoms with van der Waals surface area (Å²) in [4.78, 5) is 0. The summed E-state index contributed by atoms with van der Waals surface area (Å²) >= 11 is 0. The van der Waals surface area contributed by atoms with Crippen LogP contribution >= 0.6 is 0 Å². The predicted molar refractivity (Wildman–Crippen MR) is 61.9 cm³/mol. The van der Waals surface area contributed by atoms with Gasteiger partial charge in [0, 0.05) is 18.7 Å². The van der Waals surface area contributed by atoms with Crippen molar-refractivity contribution in [2.75, 3.05) is 0 Å². The number of hydrogen-bond donors (Lipinski definition) is 1. The Morgan fingerprint density at radius 3 is 2.53 bits per heavy atom. The predicted octanol–water partition coefficient (Wildman–Crippen LogP) is 2.03. The van der Waals surface area contributed by atoms with Gasteiger partial charge >= 0.3 is 0 Å². The van der Waals surface area contributed by atoms with E-state index in [1.807, 2.05) is 18.7 Å². The zero-order chi connectivity index (χ0) is 11.6. The molecule has 15 heavy (non-hydrogen) atoms. The molecule has 0 aliphatic carbocycles. The molecule has 0 aliphatic rings. The van der Waals surface area contributed by atoms with Crippen molar-refractivity contribution in [1.29, 1.82) is 0 Å². The topological polar surface area (TPSA) is 38.0 Å². The van der Waals surface area contributed by atoms with E-state index in [1.165, 1.54) is 5.56 Å². The number of nitrogens with zero attached hydrogens (tertiary/aromatic N) is 2. The van der Waals surface area contributed by atoms with Crippen molar-refractivity contribution in [1.82, 2.24) is 9.78 Å². The number of aliphatic hydroxyl groups excluding tert-OH is 1. The molecule has 0 radical (unpaired) electrons. The summed E-state index contributed by atoms with van der Waals surface area (Å²) in [7, 11) is 1.95. The highest BCUT2D eigenvalue weighted by Crippen LogP contribution is 2.25. The first-order valence-corrected chi connectivity index (χ1v) is 5.52. The molecule has 0 aliphatic heterocycles. The zero-order valence-electron chi connectivity index (χ0n) is 10.4. The van der Waals surface area contributed by atoms with Crippen LogP contribution in [-0.4, -0.2) is 21.0 Å². The van der Waals surface area contributed by atoms with E-state index in [0.717, 1.165) is 18.5 Å². The molecule has 1 atom stereocenters. The maximum absolute atomic E-state index is 9.29. The fourth-order valence-corrected chi connectivity index (χ4v) is 1.72. The Balaban J connectivity index is 2.87. The Labute approximate surface area is 92.1 Å². The van der Waals surface area contributed by atoms with Crippen LogP contribution in [0.1, 0.15) is 45.4 Å². The molecule has 0 fully saturated rings. The normalized spacial score (nSPS) is 14.3. The van der Waals surface area contributed by atoms with Gasteiger partial charge in [-0.05, 0) is 25.3 Å². The van der Waals surface area contributed by atoms with E-state index in [0.29, 0.717) is 0 Å². The first-order chi connectivity index (χ1) is 6.80. The highest BCUT2D eigenvalue weighted by atomic mass is 16.3. The lowest BCUT2D eigenvalue weighted by molar-refractivity contribution is 0.184. The number of aliphatic hydroxyl groups is 1. The second kappa shape index (κ2) is 4.35. The molecule has 1 unspecified atom stereocenters. The summed E-state index contributed by atoms with van der Waals surface area (Å²) in [5.74, 6) is 0. The van der Waals surface area contributed by atoms with E-state index < -0.39 is 0 Å². The van der Waals surface area contributed by atoms with Crippen molar-refractivity contribution >= 4 is 0 Å². The third-order valence-electron chi connectivity index (χ3n) is 2.45. The fourth-order valence-electron chi connectivity index (χ4n) is 1.72. The van der Waals surface area contributed by atoms with Gasteiger partial charge in [-0.3, -0.25) is 4.68 Å². The average molecular weight is 210 g/mol.